The van der Waals surface area contributed by atoms with E-state index in [9.17, 15) is 9.59 Å². The highest BCUT2D eigenvalue weighted by atomic mass is 127. The zero-order valence-electron chi connectivity index (χ0n) is 16.5. The Morgan fingerprint density at radius 1 is 1.03 bits per heavy atom. The van der Waals surface area contributed by atoms with Gasteiger partial charge in [-0.25, -0.2) is 0 Å². The Morgan fingerprint density at radius 3 is 2.29 bits per heavy atom. The van der Waals surface area contributed by atoms with Gasteiger partial charge in [0.05, 0.1) is 31.6 Å². The van der Waals surface area contributed by atoms with Crippen LogP contribution in [0.3, 0.4) is 0 Å². The third kappa shape index (κ3) is 5.67. The molecule has 0 saturated carbocycles. The Morgan fingerprint density at radius 2 is 1.71 bits per heavy atom. The molecule has 0 aliphatic heterocycles. The Labute approximate surface area is 210 Å². The van der Waals surface area contributed by atoms with Gasteiger partial charge in [-0.3, -0.25) is 9.59 Å². The third-order valence-corrected chi connectivity index (χ3v) is 6.43. The van der Waals surface area contributed by atoms with Gasteiger partial charge >= 0.3 is 5.97 Å². The lowest BCUT2D eigenvalue weighted by Crippen LogP contribution is -2.06. The molecule has 0 aliphatic rings. The fourth-order valence-corrected chi connectivity index (χ4v) is 5.09. The molecular formula is C23H17Br2IO5. The Bertz CT molecular complexity index is 1150. The maximum atomic E-state index is 13.3. The summed E-state index contributed by atoms with van der Waals surface area (Å²) >= 11 is 9.02. The first-order valence-electron chi connectivity index (χ1n) is 9.06. The van der Waals surface area contributed by atoms with Gasteiger partial charge in [-0.2, -0.15) is 0 Å². The number of carboxylic acid groups (broad SMARTS) is 1. The van der Waals surface area contributed by atoms with Crippen LogP contribution in [0, 0.1) is 10.5 Å². The van der Waals surface area contributed by atoms with Crippen molar-refractivity contribution in [1.29, 1.82) is 0 Å². The third-order valence-electron chi connectivity index (χ3n) is 4.40. The topological polar surface area (TPSA) is 72.8 Å². The Balaban J connectivity index is 2.08. The second-order valence-corrected chi connectivity index (χ2v) is 9.61. The van der Waals surface area contributed by atoms with Gasteiger partial charge in [0, 0.05) is 5.56 Å². The number of carbonyl (C=O) groups excluding carboxylic acids is 1. The maximum Gasteiger partial charge on any atom is 0.307 e. The van der Waals surface area contributed by atoms with Crippen LogP contribution < -0.4 is 9.47 Å². The summed E-state index contributed by atoms with van der Waals surface area (Å²) in [4.78, 5) is 24.3. The molecule has 0 spiro atoms. The monoisotopic (exact) mass is 658 g/mol. The van der Waals surface area contributed by atoms with Gasteiger partial charge in [0.1, 0.15) is 11.5 Å². The molecule has 0 bridgehead atoms. The first-order valence-corrected chi connectivity index (χ1v) is 11.7. The number of hydrogen-bond donors (Lipinski definition) is 1. The SMILES string of the molecule is COc1cc(C(=O)c2cccc(C)c2)c(Oc2c(Br)cc(CC(=O)O)cc2Br)cc1I. The van der Waals surface area contributed by atoms with E-state index < -0.39 is 5.97 Å². The highest BCUT2D eigenvalue weighted by Gasteiger charge is 2.21. The summed E-state index contributed by atoms with van der Waals surface area (Å²) in [5.41, 5.74) is 2.49. The first-order chi connectivity index (χ1) is 14.7. The Hall–Kier alpha value is -1.91. The van der Waals surface area contributed by atoms with Crippen LogP contribution in [0.25, 0.3) is 0 Å². The van der Waals surface area contributed by atoms with Crippen molar-refractivity contribution < 1.29 is 24.2 Å². The summed E-state index contributed by atoms with van der Waals surface area (Å²) < 4.78 is 13.5. The lowest BCUT2D eigenvalue weighted by atomic mass is 10.0. The van der Waals surface area contributed by atoms with Gasteiger partial charge in [0.2, 0.25) is 0 Å². The molecule has 0 aromatic heterocycles. The predicted molar refractivity (Wildman–Crippen MR) is 134 cm³/mol. The van der Waals surface area contributed by atoms with Crippen molar-refractivity contribution in [3.8, 4) is 17.2 Å². The number of methoxy groups -OCH3 is 1. The second kappa shape index (κ2) is 10.1. The van der Waals surface area contributed by atoms with E-state index in [4.69, 9.17) is 14.6 Å². The fraction of sp³-hybridized carbons (Fsp3) is 0.130. The van der Waals surface area contributed by atoms with Crippen LogP contribution in [0.5, 0.6) is 17.2 Å². The minimum absolute atomic E-state index is 0.116. The lowest BCUT2D eigenvalue weighted by Gasteiger charge is -2.16. The number of ketones is 1. The number of hydrogen-bond acceptors (Lipinski definition) is 4. The van der Waals surface area contributed by atoms with E-state index in [0.717, 1.165) is 9.13 Å². The van der Waals surface area contributed by atoms with Crippen LogP contribution in [0.1, 0.15) is 27.0 Å². The molecule has 0 aliphatic carbocycles. The van der Waals surface area contributed by atoms with Gasteiger partial charge in [0.25, 0.3) is 0 Å². The van der Waals surface area contributed by atoms with Gasteiger partial charge in [-0.15, -0.1) is 0 Å². The molecule has 3 aromatic carbocycles. The quantitative estimate of drug-likeness (QED) is 0.224. The van der Waals surface area contributed by atoms with Crippen LogP contribution in [-0.4, -0.2) is 24.0 Å². The number of benzene rings is 3. The molecule has 0 fully saturated rings. The van der Waals surface area contributed by atoms with E-state index in [-0.39, 0.29) is 12.2 Å². The molecule has 0 amide bonds. The molecule has 0 radical (unpaired) electrons. The van der Waals surface area contributed by atoms with Crippen LogP contribution in [0.4, 0.5) is 0 Å². The van der Waals surface area contributed by atoms with Crippen LogP contribution in [0.15, 0.2) is 57.5 Å². The molecule has 3 aromatic rings. The molecule has 1 N–H and O–H groups in total. The van der Waals surface area contributed by atoms with Crippen molar-refractivity contribution in [1.82, 2.24) is 0 Å². The molecule has 0 atom stereocenters. The van der Waals surface area contributed by atoms with Gasteiger partial charge in [-0.05, 0) is 97.3 Å². The van der Waals surface area contributed by atoms with Gasteiger partial charge in [0.15, 0.2) is 11.5 Å². The van der Waals surface area contributed by atoms with Crippen molar-refractivity contribution in [2.75, 3.05) is 7.11 Å². The molecular weight excluding hydrogens is 643 g/mol. The van der Waals surface area contributed by atoms with Crippen molar-refractivity contribution in [2.45, 2.75) is 13.3 Å². The molecule has 31 heavy (non-hydrogen) atoms. The number of aliphatic carboxylic acids is 1. The van der Waals surface area contributed by atoms with E-state index in [2.05, 4.69) is 54.5 Å². The zero-order valence-corrected chi connectivity index (χ0v) is 21.9. The van der Waals surface area contributed by atoms with E-state index in [1.807, 2.05) is 25.1 Å². The number of ether oxygens (including phenoxy) is 2. The first kappa shape index (κ1) is 23.7. The number of rotatable bonds is 7. The minimum Gasteiger partial charge on any atom is -0.496 e. The van der Waals surface area contributed by atoms with Gasteiger partial charge in [-0.1, -0.05) is 23.8 Å². The second-order valence-electron chi connectivity index (χ2n) is 6.74. The average molecular weight is 660 g/mol. The molecule has 160 valence electrons. The molecule has 3 rings (SSSR count). The van der Waals surface area contributed by atoms with Crippen LogP contribution in [-0.2, 0) is 11.2 Å². The van der Waals surface area contributed by atoms with Crippen LogP contribution >= 0.6 is 54.5 Å². The largest absolute Gasteiger partial charge is 0.496 e. The highest BCUT2D eigenvalue weighted by molar-refractivity contribution is 14.1. The van der Waals surface area contributed by atoms with E-state index in [1.54, 1.807) is 37.4 Å². The predicted octanol–water partition coefficient (Wildman–Crippen LogP) is 6.78. The smallest absolute Gasteiger partial charge is 0.307 e. The standard InChI is InChI=1S/C23H17Br2IO5/c1-12-4-3-5-14(6-12)22(29)15-10-20(30-2)18(26)11-19(15)31-23-16(24)7-13(8-17(23)25)9-21(27)28/h3-8,10-11H,9H2,1-2H3,(H,27,28). The molecule has 0 saturated heterocycles. The normalized spacial score (nSPS) is 10.6. The van der Waals surface area contributed by atoms with E-state index >= 15 is 0 Å². The molecule has 0 heterocycles. The van der Waals surface area contributed by atoms with Crippen LogP contribution in [0.2, 0.25) is 0 Å². The number of halogens is 3. The summed E-state index contributed by atoms with van der Waals surface area (Å²) in [6, 6.07) is 14.1. The average Bonchev–Trinajstić information content (AvgIpc) is 2.70. The number of carboxylic acids is 1. The summed E-state index contributed by atoms with van der Waals surface area (Å²) in [6.07, 6.45) is -0.116. The molecule has 0 unspecified atom stereocenters. The van der Waals surface area contributed by atoms with E-state index in [0.29, 0.717) is 42.9 Å². The lowest BCUT2D eigenvalue weighted by molar-refractivity contribution is -0.136. The highest BCUT2D eigenvalue weighted by Crippen LogP contribution is 2.41. The molecule has 5 nitrogen and oxygen atoms in total. The minimum atomic E-state index is -0.928. The number of carbonyl (C=O) groups is 2. The van der Waals surface area contributed by atoms with Crippen molar-refractivity contribution in [3.05, 3.63) is 83.3 Å². The molecule has 8 heteroatoms. The summed E-state index contributed by atoms with van der Waals surface area (Å²) in [5, 5.41) is 9.05. The number of aryl methyl sites for hydroxylation is 1. The summed E-state index contributed by atoms with van der Waals surface area (Å²) in [5.74, 6) is 0.253. The summed E-state index contributed by atoms with van der Waals surface area (Å²) in [7, 11) is 1.55. The van der Waals surface area contributed by atoms with Crippen molar-refractivity contribution in [3.63, 3.8) is 0 Å². The maximum absolute atomic E-state index is 13.3. The fourth-order valence-electron chi connectivity index (χ4n) is 2.99. The Kier molecular flexibility index (Phi) is 7.77. The van der Waals surface area contributed by atoms with Crippen molar-refractivity contribution >= 4 is 66.2 Å². The van der Waals surface area contributed by atoms with Gasteiger partial charge < -0.3 is 14.6 Å². The zero-order chi connectivity index (χ0) is 22.7. The summed E-state index contributed by atoms with van der Waals surface area (Å²) in [6.45, 7) is 1.93. The van der Waals surface area contributed by atoms with Crippen molar-refractivity contribution in [2.24, 2.45) is 0 Å². The van der Waals surface area contributed by atoms with E-state index in [1.165, 1.54) is 0 Å².